The van der Waals surface area contributed by atoms with Crippen LogP contribution in [0.25, 0.3) is 0 Å². The van der Waals surface area contributed by atoms with Crippen molar-refractivity contribution < 1.29 is 14.3 Å². The molecule has 1 amide bonds. The lowest BCUT2D eigenvalue weighted by Gasteiger charge is -2.55. The van der Waals surface area contributed by atoms with Gasteiger partial charge in [0, 0.05) is 18.9 Å². The van der Waals surface area contributed by atoms with Crippen molar-refractivity contribution in [1.82, 2.24) is 15.3 Å². The minimum Gasteiger partial charge on any atom is -0.451 e. The molecule has 6 nitrogen and oxygen atoms in total. The maximum Gasteiger partial charge on any atom is 0.359 e. The second-order valence-electron chi connectivity index (χ2n) is 10.5. The molecule has 0 saturated heterocycles. The van der Waals surface area contributed by atoms with Gasteiger partial charge in [0.2, 0.25) is 0 Å². The maximum atomic E-state index is 12.5. The van der Waals surface area contributed by atoms with Crippen molar-refractivity contribution in [2.45, 2.75) is 71.1 Å². The number of ether oxygens (including phenoxy) is 1. The van der Waals surface area contributed by atoms with Gasteiger partial charge < -0.3 is 10.1 Å². The zero-order chi connectivity index (χ0) is 23.6. The molecule has 6 heteroatoms. The summed E-state index contributed by atoms with van der Waals surface area (Å²) in [5, 5.41) is 3.05. The fraction of sp³-hybridized carbons (Fsp3) is 0.556. The fourth-order valence-corrected chi connectivity index (χ4v) is 6.18. The van der Waals surface area contributed by atoms with Crippen LogP contribution in [0.3, 0.4) is 0 Å². The van der Waals surface area contributed by atoms with Gasteiger partial charge in [0.25, 0.3) is 5.91 Å². The first kappa shape index (κ1) is 23.4. The van der Waals surface area contributed by atoms with E-state index in [1.54, 1.807) is 0 Å². The van der Waals surface area contributed by atoms with Gasteiger partial charge in [0.1, 0.15) is 0 Å². The molecule has 1 heterocycles. The van der Waals surface area contributed by atoms with Crippen LogP contribution in [0.1, 0.15) is 86.5 Å². The van der Waals surface area contributed by atoms with Crippen LogP contribution in [0.4, 0.5) is 0 Å². The van der Waals surface area contributed by atoms with Gasteiger partial charge in [0.15, 0.2) is 12.3 Å². The van der Waals surface area contributed by atoms with Crippen LogP contribution in [0, 0.1) is 11.3 Å². The van der Waals surface area contributed by atoms with Gasteiger partial charge in [-0.3, -0.25) is 9.78 Å². The summed E-state index contributed by atoms with van der Waals surface area (Å²) >= 11 is 0. The second-order valence-corrected chi connectivity index (χ2v) is 10.5. The van der Waals surface area contributed by atoms with Crippen molar-refractivity contribution in [1.29, 1.82) is 0 Å². The summed E-state index contributed by atoms with van der Waals surface area (Å²) in [4.78, 5) is 32.3. The number of esters is 1. The minimum atomic E-state index is -0.639. The molecule has 0 spiro atoms. The van der Waals surface area contributed by atoms with E-state index in [9.17, 15) is 9.59 Å². The van der Waals surface area contributed by atoms with E-state index < -0.39 is 5.97 Å². The molecule has 0 bridgehead atoms. The number of rotatable bonds is 6. The molecular formula is C27H35N3O3. The quantitative estimate of drug-likeness (QED) is 0.653. The van der Waals surface area contributed by atoms with Crippen molar-refractivity contribution in [3.8, 4) is 0 Å². The molecule has 1 aromatic heterocycles. The van der Waals surface area contributed by atoms with Gasteiger partial charge in [-0.05, 0) is 65.0 Å². The number of nitrogens with zero attached hydrogens (tertiary/aromatic N) is 2. The fourth-order valence-electron chi connectivity index (χ4n) is 6.18. The first-order valence-electron chi connectivity index (χ1n) is 12.1. The van der Waals surface area contributed by atoms with Gasteiger partial charge >= 0.3 is 5.97 Å². The van der Waals surface area contributed by atoms with Crippen LogP contribution >= 0.6 is 0 Å². The van der Waals surface area contributed by atoms with Crippen molar-refractivity contribution >= 4 is 11.9 Å². The van der Waals surface area contributed by atoms with E-state index in [1.807, 2.05) is 0 Å². The Hall–Kier alpha value is -2.76. The normalized spacial score (nSPS) is 26.3. The van der Waals surface area contributed by atoms with E-state index in [0.717, 1.165) is 25.7 Å². The number of hydrogen-bond donors (Lipinski definition) is 1. The van der Waals surface area contributed by atoms with E-state index in [4.69, 9.17) is 4.74 Å². The summed E-state index contributed by atoms with van der Waals surface area (Å²) in [5.41, 5.74) is 4.65. The number of carbonyl (C=O) groups is 2. The highest BCUT2D eigenvalue weighted by molar-refractivity contribution is 5.89. The number of carbonyl (C=O) groups excluding carboxylic acids is 2. The van der Waals surface area contributed by atoms with Crippen LogP contribution in [0.15, 0.2) is 36.8 Å². The minimum absolute atomic E-state index is 0.00594. The highest BCUT2D eigenvalue weighted by Crippen LogP contribution is 2.57. The van der Waals surface area contributed by atoms with Crippen molar-refractivity contribution in [3.63, 3.8) is 0 Å². The third kappa shape index (κ3) is 4.66. The standard InChI is InChI=1S/C27H35N3O3/c1-18(2)19-6-8-21-20(14-19)7-9-23-26(3,10-5-11-27(21,23)4)17-30-24(31)16-33-25(32)22-15-28-12-13-29-22/h6,8,12-15,18,23H,5,7,9-11,16-17H2,1-4H3,(H,30,31). The largest absolute Gasteiger partial charge is 0.451 e. The highest BCUT2D eigenvalue weighted by atomic mass is 16.5. The Kier molecular flexibility index (Phi) is 6.55. The summed E-state index contributed by atoms with van der Waals surface area (Å²) in [6.45, 7) is 9.52. The van der Waals surface area contributed by atoms with E-state index in [1.165, 1.54) is 41.7 Å². The average Bonchev–Trinajstić information content (AvgIpc) is 2.81. The smallest absolute Gasteiger partial charge is 0.359 e. The van der Waals surface area contributed by atoms with Gasteiger partial charge in [-0.25, -0.2) is 9.78 Å². The van der Waals surface area contributed by atoms with Gasteiger partial charge in [-0.15, -0.1) is 0 Å². The summed E-state index contributed by atoms with van der Waals surface area (Å²) in [6, 6.07) is 7.09. The van der Waals surface area contributed by atoms with E-state index in [0.29, 0.717) is 18.4 Å². The van der Waals surface area contributed by atoms with Gasteiger partial charge in [-0.2, -0.15) is 0 Å². The predicted octanol–water partition coefficient (Wildman–Crippen LogP) is 4.58. The van der Waals surface area contributed by atoms with Crippen molar-refractivity contribution in [2.24, 2.45) is 11.3 Å². The molecule has 2 aliphatic rings. The zero-order valence-corrected chi connectivity index (χ0v) is 20.2. The first-order chi connectivity index (χ1) is 15.7. The van der Waals surface area contributed by atoms with Crippen LogP contribution in [0.5, 0.6) is 0 Å². The Morgan fingerprint density at radius 2 is 2.03 bits per heavy atom. The molecule has 1 fully saturated rings. The molecule has 0 aliphatic heterocycles. The number of aromatic nitrogens is 2. The second kappa shape index (κ2) is 9.24. The Bertz CT molecular complexity index is 1020. The Labute approximate surface area is 196 Å². The Balaban J connectivity index is 1.41. The SMILES string of the molecule is CC(C)c1ccc2c(c1)CCC1C(C)(CNC(=O)COC(=O)c3cnccn3)CCCC21C. The molecule has 2 aliphatic carbocycles. The highest BCUT2D eigenvalue weighted by Gasteiger charge is 2.51. The summed E-state index contributed by atoms with van der Waals surface area (Å²) in [5.74, 6) is 0.118. The predicted molar refractivity (Wildman–Crippen MR) is 127 cm³/mol. The zero-order valence-electron chi connectivity index (χ0n) is 20.2. The van der Waals surface area contributed by atoms with Crippen molar-refractivity contribution in [2.75, 3.05) is 13.2 Å². The van der Waals surface area contributed by atoms with Crippen LogP contribution < -0.4 is 5.32 Å². The third-order valence-corrected chi connectivity index (χ3v) is 7.96. The van der Waals surface area contributed by atoms with Crippen LogP contribution in [-0.4, -0.2) is 35.0 Å². The number of nitrogens with one attached hydrogen (secondary N) is 1. The van der Waals surface area contributed by atoms with Crippen LogP contribution in [-0.2, 0) is 21.4 Å². The molecule has 33 heavy (non-hydrogen) atoms. The topological polar surface area (TPSA) is 81.2 Å². The van der Waals surface area contributed by atoms with E-state index in [2.05, 4.69) is 61.2 Å². The van der Waals surface area contributed by atoms with E-state index >= 15 is 0 Å². The molecule has 0 radical (unpaired) electrons. The number of benzene rings is 1. The number of hydrogen-bond acceptors (Lipinski definition) is 5. The molecule has 4 rings (SSSR count). The molecule has 3 atom stereocenters. The maximum absolute atomic E-state index is 12.5. The average molecular weight is 450 g/mol. The van der Waals surface area contributed by atoms with Crippen LogP contribution in [0.2, 0.25) is 0 Å². The van der Waals surface area contributed by atoms with Crippen molar-refractivity contribution in [3.05, 3.63) is 59.2 Å². The van der Waals surface area contributed by atoms with Gasteiger partial charge in [0.05, 0.1) is 6.20 Å². The molecule has 176 valence electrons. The number of amides is 1. The Morgan fingerprint density at radius 3 is 2.76 bits per heavy atom. The molecule has 1 N–H and O–H groups in total. The molecule has 3 unspecified atom stereocenters. The molecule has 1 saturated carbocycles. The third-order valence-electron chi connectivity index (χ3n) is 7.96. The lowest BCUT2D eigenvalue weighted by Crippen LogP contribution is -2.53. The summed E-state index contributed by atoms with van der Waals surface area (Å²) < 4.78 is 5.11. The lowest BCUT2D eigenvalue weighted by atomic mass is 9.49. The monoisotopic (exact) mass is 449 g/mol. The molecular weight excluding hydrogens is 414 g/mol. The summed E-state index contributed by atoms with van der Waals surface area (Å²) in [6.07, 6.45) is 9.88. The molecule has 2 aromatic rings. The number of fused-ring (bicyclic) bond motifs is 3. The van der Waals surface area contributed by atoms with Gasteiger partial charge in [-0.1, -0.05) is 52.3 Å². The first-order valence-corrected chi connectivity index (χ1v) is 12.1. The number of aryl methyl sites for hydroxylation is 1. The molecule has 1 aromatic carbocycles. The van der Waals surface area contributed by atoms with E-state index in [-0.39, 0.29) is 29.0 Å². The summed E-state index contributed by atoms with van der Waals surface area (Å²) in [7, 11) is 0. The lowest BCUT2D eigenvalue weighted by molar-refractivity contribution is -0.125. The Morgan fingerprint density at radius 1 is 1.21 bits per heavy atom.